The maximum absolute atomic E-state index is 11.5. The zero-order valence-electron chi connectivity index (χ0n) is 8.38. The molecule has 0 aliphatic rings. The highest BCUT2D eigenvalue weighted by Gasteiger charge is 2.02. The van der Waals surface area contributed by atoms with E-state index >= 15 is 0 Å². The van der Waals surface area contributed by atoms with E-state index < -0.39 is 0 Å². The number of carbonyl (C=O) groups excluding carboxylic acids is 1. The molecule has 0 fully saturated rings. The van der Waals surface area contributed by atoms with E-state index in [-0.39, 0.29) is 12.1 Å². The van der Waals surface area contributed by atoms with Gasteiger partial charge >= 0.3 is 0 Å². The van der Waals surface area contributed by atoms with Gasteiger partial charge in [0, 0.05) is 6.07 Å². The van der Waals surface area contributed by atoms with Crippen LogP contribution in [0.1, 0.15) is 5.56 Å². The van der Waals surface area contributed by atoms with Gasteiger partial charge in [0.2, 0.25) is 0 Å². The Labute approximate surface area is 91.4 Å². The van der Waals surface area contributed by atoms with Gasteiger partial charge in [0.15, 0.2) is 0 Å². The summed E-state index contributed by atoms with van der Waals surface area (Å²) >= 11 is 0. The molecule has 0 bridgehead atoms. The number of fused-ring (bicyclic) bond motifs is 1. The molecule has 2 rings (SSSR count). The fraction of sp³-hybridized carbons (Fsp3) is 0.0833. The van der Waals surface area contributed by atoms with Crippen molar-refractivity contribution in [3.8, 4) is 6.07 Å². The number of hydrogen-bond acceptors (Lipinski definition) is 3. The van der Waals surface area contributed by atoms with E-state index in [1.807, 2.05) is 6.07 Å². The average molecular weight is 212 g/mol. The summed E-state index contributed by atoms with van der Waals surface area (Å²) < 4.78 is 1.38. The summed E-state index contributed by atoms with van der Waals surface area (Å²) in [5.41, 5.74) is 0.978. The van der Waals surface area contributed by atoms with Crippen LogP contribution in [0.2, 0.25) is 0 Å². The second kappa shape index (κ2) is 3.99. The molecule has 2 aromatic rings. The van der Waals surface area contributed by atoms with Gasteiger partial charge in [-0.1, -0.05) is 0 Å². The van der Waals surface area contributed by atoms with Crippen molar-refractivity contribution in [2.75, 3.05) is 0 Å². The molecule has 0 aliphatic carbocycles. The smallest absolute Gasteiger partial charge is 0.251 e. The first-order valence-corrected chi connectivity index (χ1v) is 4.73. The molecule has 1 heterocycles. The third-order valence-corrected chi connectivity index (χ3v) is 2.38. The van der Waals surface area contributed by atoms with Gasteiger partial charge in [-0.15, -0.1) is 0 Å². The molecule has 1 aromatic heterocycles. The van der Waals surface area contributed by atoms with E-state index in [2.05, 4.69) is 0 Å². The van der Waals surface area contributed by atoms with Gasteiger partial charge < -0.3 is 9.36 Å². The quantitative estimate of drug-likeness (QED) is 0.699. The monoisotopic (exact) mass is 212 g/mol. The highest BCUT2D eigenvalue weighted by atomic mass is 16.1. The summed E-state index contributed by atoms with van der Waals surface area (Å²) in [5.74, 6) is 0. The molecule has 0 N–H and O–H groups in total. The van der Waals surface area contributed by atoms with Crippen LogP contribution in [0.15, 0.2) is 35.1 Å². The molecule has 0 amide bonds. The van der Waals surface area contributed by atoms with Gasteiger partial charge in [0.05, 0.1) is 23.7 Å². The molecule has 1 aromatic carbocycles. The number of aromatic nitrogens is 1. The van der Waals surface area contributed by atoms with Crippen LogP contribution in [0.25, 0.3) is 10.9 Å². The lowest BCUT2D eigenvalue weighted by Crippen LogP contribution is -2.19. The minimum absolute atomic E-state index is 0.0298. The molecule has 0 spiro atoms. The average Bonchev–Trinajstić information content (AvgIpc) is 2.32. The first-order valence-electron chi connectivity index (χ1n) is 4.73. The van der Waals surface area contributed by atoms with Crippen LogP contribution in [0.5, 0.6) is 0 Å². The van der Waals surface area contributed by atoms with Crippen molar-refractivity contribution in [1.82, 2.24) is 4.57 Å². The minimum atomic E-state index is -0.218. The third kappa shape index (κ3) is 1.59. The predicted octanol–water partition coefficient (Wildman–Crippen LogP) is 1.07. The lowest BCUT2D eigenvalue weighted by atomic mass is 10.1. The Balaban J connectivity index is 2.79. The summed E-state index contributed by atoms with van der Waals surface area (Å²) in [6.07, 6.45) is 0.680. The number of nitrogens with zero attached hydrogens (tertiary/aromatic N) is 2. The fourth-order valence-electron chi connectivity index (χ4n) is 1.64. The Hall–Kier alpha value is -2.41. The van der Waals surface area contributed by atoms with Crippen molar-refractivity contribution in [3.05, 3.63) is 46.2 Å². The van der Waals surface area contributed by atoms with Gasteiger partial charge in [-0.3, -0.25) is 4.79 Å². The summed E-state index contributed by atoms with van der Waals surface area (Å²) in [7, 11) is 0. The lowest BCUT2D eigenvalue weighted by molar-refractivity contribution is -0.108. The molecule has 0 saturated heterocycles. The van der Waals surface area contributed by atoms with Crippen LogP contribution in [0, 0.1) is 11.3 Å². The molecule has 16 heavy (non-hydrogen) atoms. The highest BCUT2D eigenvalue weighted by Crippen LogP contribution is 2.13. The third-order valence-electron chi connectivity index (χ3n) is 2.38. The minimum Gasteiger partial charge on any atom is -0.301 e. The largest absolute Gasteiger partial charge is 0.301 e. The molecule has 0 radical (unpaired) electrons. The number of nitriles is 1. The zero-order valence-corrected chi connectivity index (χ0v) is 8.38. The molecule has 0 atom stereocenters. The maximum Gasteiger partial charge on any atom is 0.251 e. The predicted molar refractivity (Wildman–Crippen MR) is 59.0 cm³/mol. The van der Waals surface area contributed by atoms with Crippen LogP contribution in [0.4, 0.5) is 0 Å². The molecular formula is C12H8N2O2. The van der Waals surface area contributed by atoms with Crippen LogP contribution in [-0.2, 0) is 11.3 Å². The number of aldehydes is 1. The SMILES string of the molecule is N#Cc1ccc2c(ccc(=O)n2CC=O)c1. The Bertz CT molecular complexity index is 650. The standard InChI is InChI=1S/C12H8N2O2/c13-8-9-1-3-11-10(7-9)2-4-12(16)14(11)5-6-15/h1-4,6-7H,5H2. The number of rotatable bonds is 2. The second-order valence-corrected chi connectivity index (χ2v) is 3.33. The molecular weight excluding hydrogens is 204 g/mol. The number of pyridine rings is 1. The fourth-order valence-corrected chi connectivity index (χ4v) is 1.64. The van der Waals surface area contributed by atoms with Gasteiger partial charge in [-0.25, -0.2) is 0 Å². The van der Waals surface area contributed by atoms with Crippen LogP contribution in [-0.4, -0.2) is 10.9 Å². The Kier molecular flexibility index (Phi) is 2.52. The van der Waals surface area contributed by atoms with Crippen molar-refractivity contribution >= 4 is 17.2 Å². The molecule has 4 nitrogen and oxygen atoms in total. The van der Waals surface area contributed by atoms with E-state index in [0.717, 1.165) is 5.39 Å². The maximum atomic E-state index is 11.5. The van der Waals surface area contributed by atoms with E-state index in [0.29, 0.717) is 17.4 Å². The topological polar surface area (TPSA) is 62.9 Å². The van der Waals surface area contributed by atoms with Crippen molar-refractivity contribution in [1.29, 1.82) is 5.26 Å². The number of carbonyl (C=O) groups is 1. The molecule has 78 valence electrons. The van der Waals surface area contributed by atoms with E-state index in [9.17, 15) is 9.59 Å². The highest BCUT2D eigenvalue weighted by molar-refractivity contribution is 5.81. The van der Waals surface area contributed by atoms with Crippen LogP contribution < -0.4 is 5.56 Å². The molecule has 0 unspecified atom stereocenters. The van der Waals surface area contributed by atoms with Crippen molar-refractivity contribution < 1.29 is 4.79 Å². The first-order chi connectivity index (χ1) is 7.76. The van der Waals surface area contributed by atoms with Gasteiger partial charge in [0.1, 0.15) is 6.29 Å². The van der Waals surface area contributed by atoms with Crippen molar-refractivity contribution in [3.63, 3.8) is 0 Å². The summed E-state index contributed by atoms with van der Waals surface area (Å²) in [6, 6.07) is 10.1. The van der Waals surface area contributed by atoms with E-state index in [1.165, 1.54) is 10.6 Å². The number of benzene rings is 1. The van der Waals surface area contributed by atoms with E-state index in [4.69, 9.17) is 5.26 Å². The summed E-state index contributed by atoms with van der Waals surface area (Å²) in [6.45, 7) is 0.0298. The van der Waals surface area contributed by atoms with Gasteiger partial charge in [0.25, 0.3) is 5.56 Å². The Morgan fingerprint density at radius 3 is 2.81 bits per heavy atom. The molecule has 0 aliphatic heterocycles. The van der Waals surface area contributed by atoms with Crippen LogP contribution in [0.3, 0.4) is 0 Å². The summed E-state index contributed by atoms with van der Waals surface area (Å²) in [5, 5.41) is 9.53. The van der Waals surface area contributed by atoms with Crippen molar-refractivity contribution in [2.24, 2.45) is 0 Å². The molecule has 0 saturated carbocycles. The first kappa shape index (κ1) is 10.1. The Morgan fingerprint density at radius 1 is 1.31 bits per heavy atom. The van der Waals surface area contributed by atoms with Gasteiger partial charge in [-0.2, -0.15) is 5.26 Å². The normalized spacial score (nSPS) is 9.94. The molecule has 4 heteroatoms. The van der Waals surface area contributed by atoms with Crippen molar-refractivity contribution in [2.45, 2.75) is 6.54 Å². The Morgan fingerprint density at radius 2 is 2.12 bits per heavy atom. The second-order valence-electron chi connectivity index (χ2n) is 3.33. The van der Waals surface area contributed by atoms with Crippen LogP contribution >= 0.6 is 0 Å². The van der Waals surface area contributed by atoms with E-state index in [1.54, 1.807) is 24.3 Å². The lowest BCUT2D eigenvalue weighted by Gasteiger charge is -2.06. The van der Waals surface area contributed by atoms with Gasteiger partial charge in [-0.05, 0) is 29.7 Å². The zero-order chi connectivity index (χ0) is 11.5. The number of hydrogen-bond donors (Lipinski definition) is 0. The summed E-state index contributed by atoms with van der Waals surface area (Å²) in [4.78, 5) is 22.0.